The number of fused-ring (bicyclic) bond motifs is 13. The van der Waals surface area contributed by atoms with Crippen LogP contribution in [0.25, 0.3) is 44.5 Å². The van der Waals surface area contributed by atoms with E-state index in [4.69, 9.17) is 0 Å². The standard InChI is InChI=1S/C25H15Br.C13H8O.C12H8Br2/c26-23-15-7-14-22-24(23)18-10-3-6-13-21(18)25(22)19-11-4-1-8-16(19)17-9-2-5-12-20(17)25;14-13-11-7-3-1-5-9(11)10-6-2-4-8-12(10)13;13-11-7-3-1-5-9(11)10-6-2-4-8-12(10)14/h1-15H;2*1-8H. The molecule has 0 atom stereocenters. The van der Waals surface area contributed by atoms with Crippen molar-refractivity contribution in [2.75, 3.05) is 0 Å². The van der Waals surface area contributed by atoms with Gasteiger partial charge in [0.2, 0.25) is 0 Å². The Hall–Kier alpha value is -5.13. The van der Waals surface area contributed by atoms with Crippen LogP contribution in [-0.2, 0) is 5.41 Å². The van der Waals surface area contributed by atoms with Gasteiger partial charge in [0.25, 0.3) is 0 Å². The number of hydrogen-bond acceptors (Lipinski definition) is 1. The molecule has 3 aliphatic rings. The molecule has 8 aromatic rings. The summed E-state index contributed by atoms with van der Waals surface area (Å²) in [7, 11) is 0. The van der Waals surface area contributed by atoms with E-state index in [0.717, 1.165) is 31.2 Å². The Bertz CT molecular complexity index is 2610. The maximum Gasteiger partial charge on any atom is 0.194 e. The Morgan fingerprint density at radius 3 is 1.06 bits per heavy atom. The van der Waals surface area contributed by atoms with Gasteiger partial charge < -0.3 is 0 Å². The van der Waals surface area contributed by atoms with Crippen LogP contribution >= 0.6 is 47.8 Å². The zero-order chi connectivity index (χ0) is 36.8. The highest BCUT2D eigenvalue weighted by Gasteiger charge is 2.51. The second-order valence-corrected chi connectivity index (χ2v) is 16.0. The van der Waals surface area contributed by atoms with Crippen molar-refractivity contribution in [2.45, 2.75) is 5.41 Å². The summed E-state index contributed by atoms with van der Waals surface area (Å²) in [6, 6.07) is 65.2. The molecule has 0 N–H and O–H groups in total. The van der Waals surface area contributed by atoms with Crippen LogP contribution < -0.4 is 0 Å². The van der Waals surface area contributed by atoms with Crippen molar-refractivity contribution in [3.63, 3.8) is 0 Å². The lowest BCUT2D eigenvalue weighted by Crippen LogP contribution is -2.25. The SMILES string of the molecule is Brc1cccc2c1-c1ccccc1C21c2ccccc2-c2ccccc21.Brc1ccccc1-c1ccccc1Br.O=C1c2ccccc2-c2ccccc21. The van der Waals surface area contributed by atoms with Crippen LogP contribution in [0.4, 0.5) is 0 Å². The third kappa shape index (κ3) is 5.50. The van der Waals surface area contributed by atoms with Crippen molar-refractivity contribution < 1.29 is 4.79 Å². The fourth-order valence-corrected chi connectivity index (χ4v) is 10.0. The molecule has 0 bridgehead atoms. The van der Waals surface area contributed by atoms with Crippen molar-refractivity contribution in [1.82, 2.24) is 0 Å². The van der Waals surface area contributed by atoms with Crippen LogP contribution in [0.15, 0.2) is 201 Å². The Labute approximate surface area is 340 Å². The molecular formula is C50H31Br3O. The van der Waals surface area contributed by atoms with E-state index in [1.807, 2.05) is 72.8 Å². The topological polar surface area (TPSA) is 17.1 Å². The van der Waals surface area contributed by atoms with E-state index in [2.05, 4.69) is 163 Å². The molecule has 8 aromatic carbocycles. The zero-order valence-corrected chi connectivity index (χ0v) is 33.7. The number of benzene rings is 8. The molecule has 0 amide bonds. The summed E-state index contributed by atoms with van der Waals surface area (Å²) in [5, 5.41) is 0. The summed E-state index contributed by atoms with van der Waals surface area (Å²) in [4.78, 5) is 11.9. The molecule has 4 heteroatoms. The van der Waals surface area contributed by atoms with Gasteiger partial charge in [-0.25, -0.2) is 0 Å². The van der Waals surface area contributed by atoms with E-state index in [9.17, 15) is 4.79 Å². The van der Waals surface area contributed by atoms with Gasteiger partial charge in [-0.1, -0.05) is 218 Å². The number of carbonyl (C=O) groups is 1. The van der Waals surface area contributed by atoms with Gasteiger partial charge in [-0.15, -0.1) is 0 Å². The predicted molar refractivity (Wildman–Crippen MR) is 233 cm³/mol. The van der Waals surface area contributed by atoms with E-state index >= 15 is 0 Å². The molecule has 0 heterocycles. The first-order chi connectivity index (χ1) is 26.5. The minimum Gasteiger partial charge on any atom is -0.289 e. The summed E-state index contributed by atoms with van der Waals surface area (Å²) in [5.74, 6) is 0.149. The highest BCUT2D eigenvalue weighted by atomic mass is 79.9. The highest BCUT2D eigenvalue weighted by molar-refractivity contribution is 9.11. The first-order valence-corrected chi connectivity index (χ1v) is 20.2. The van der Waals surface area contributed by atoms with Gasteiger partial charge in [0.15, 0.2) is 5.78 Å². The van der Waals surface area contributed by atoms with Crippen molar-refractivity contribution >= 4 is 53.6 Å². The average molecular weight is 888 g/mol. The van der Waals surface area contributed by atoms with Crippen LogP contribution in [0.2, 0.25) is 0 Å². The van der Waals surface area contributed by atoms with Gasteiger partial charge in [0, 0.05) is 30.1 Å². The summed E-state index contributed by atoms with van der Waals surface area (Å²) >= 11 is 10.9. The fourth-order valence-electron chi connectivity index (χ4n) is 8.44. The molecule has 258 valence electrons. The molecule has 54 heavy (non-hydrogen) atoms. The summed E-state index contributed by atoms with van der Waals surface area (Å²) < 4.78 is 3.40. The van der Waals surface area contributed by atoms with E-state index < -0.39 is 0 Å². The smallest absolute Gasteiger partial charge is 0.194 e. The number of carbonyl (C=O) groups excluding carboxylic acids is 1. The summed E-state index contributed by atoms with van der Waals surface area (Å²) in [6.07, 6.45) is 0. The van der Waals surface area contributed by atoms with Gasteiger partial charge in [0.05, 0.1) is 5.41 Å². The van der Waals surface area contributed by atoms with E-state index in [-0.39, 0.29) is 11.2 Å². The van der Waals surface area contributed by atoms with Crippen LogP contribution in [0.1, 0.15) is 38.2 Å². The number of halogens is 3. The summed E-state index contributed by atoms with van der Waals surface area (Å²) in [6.45, 7) is 0. The lowest BCUT2D eigenvalue weighted by molar-refractivity contribution is 0.104. The quantitative estimate of drug-likeness (QED) is 0.160. The molecule has 0 unspecified atom stereocenters. The lowest BCUT2D eigenvalue weighted by atomic mass is 9.70. The van der Waals surface area contributed by atoms with Crippen LogP contribution in [-0.4, -0.2) is 5.78 Å². The number of ketones is 1. The summed E-state index contributed by atoms with van der Waals surface area (Å²) in [5.41, 5.74) is 16.9. The van der Waals surface area contributed by atoms with Crippen LogP contribution in [0.5, 0.6) is 0 Å². The Morgan fingerprint density at radius 1 is 0.278 bits per heavy atom. The predicted octanol–water partition coefficient (Wildman–Crippen LogP) is 14.6. The van der Waals surface area contributed by atoms with Crippen molar-refractivity contribution in [2.24, 2.45) is 0 Å². The monoisotopic (exact) mass is 884 g/mol. The van der Waals surface area contributed by atoms with Gasteiger partial charge >= 0.3 is 0 Å². The molecule has 3 aliphatic carbocycles. The molecule has 0 aliphatic heterocycles. The Morgan fingerprint density at radius 2 is 0.593 bits per heavy atom. The first-order valence-electron chi connectivity index (χ1n) is 17.8. The maximum atomic E-state index is 11.9. The molecule has 1 spiro atoms. The molecule has 0 saturated carbocycles. The van der Waals surface area contributed by atoms with Gasteiger partial charge in [-0.05, 0) is 79.4 Å². The largest absolute Gasteiger partial charge is 0.289 e. The van der Waals surface area contributed by atoms with Crippen molar-refractivity contribution in [3.8, 4) is 44.5 Å². The minimum absolute atomic E-state index is 0.149. The maximum absolute atomic E-state index is 11.9. The second-order valence-electron chi connectivity index (χ2n) is 13.4. The average Bonchev–Trinajstić information content (AvgIpc) is 3.81. The van der Waals surface area contributed by atoms with E-state index in [1.165, 1.54) is 60.1 Å². The highest BCUT2D eigenvalue weighted by Crippen LogP contribution is 2.63. The molecule has 0 radical (unpaired) electrons. The Kier molecular flexibility index (Phi) is 9.14. The van der Waals surface area contributed by atoms with Gasteiger partial charge in [0.1, 0.15) is 0 Å². The molecule has 11 rings (SSSR count). The first kappa shape index (κ1) is 34.6. The third-order valence-corrected chi connectivity index (χ3v) is 12.7. The third-order valence-electron chi connectivity index (χ3n) is 10.6. The van der Waals surface area contributed by atoms with Gasteiger partial charge in [-0.3, -0.25) is 4.79 Å². The molecule has 0 saturated heterocycles. The van der Waals surface area contributed by atoms with Crippen molar-refractivity contribution in [1.29, 1.82) is 0 Å². The minimum atomic E-state index is -0.219. The number of rotatable bonds is 1. The van der Waals surface area contributed by atoms with E-state index in [0.29, 0.717) is 0 Å². The zero-order valence-electron chi connectivity index (χ0n) is 28.9. The Balaban J connectivity index is 0.000000117. The molecular weight excluding hydrogens is 856 g/mol. The normalized spacial score (nSPS) is 12.9. The van der Waals surface area contributed by atoms with Crippen LogP contribution in [0, 0.1) is 0 Å². The van der Waals surface area contributed by atoms with Crippen LogP contribution in [0.3, 0.4) is 0 Å². The molecule has 0 aromatic heterocycles. The number of hydrogen-bond donors (Lipinski definition) is 0. The van der Waals surface area contributed by atoms with Crippen molar-refractivity contribution in [3.05, 3.63) is 235 Å². The lowest BCUT2D eigenvalue weighted by Gasteiger charge is -2.30. The van der Waals surface area contributed by atoms with Gasteiger partial charge in [-0.2, -0.15) is 0 Å². The molecule has 1 nitrogen and oxygen atoms in total. The fraction of sp³-hybridized carbons (Fsp3) is 0.0200. The second kappa shape index (κ2) is 14.3. The van der Waals surface area contributed by atoms with E-state index in [1.54, 1.807) is 0 Å². The molecule has 0 fully saturated rings.